The molecule has 5 heteroatoms. The van der Waals surface area contributed by atoms with E-state index in [0.717, 1.165) is 48.5 Å². The van der Waals surface area contributed by atoms with Crippen LogP contribution >= 0.6 is 0 Å². The maximum Gasteiger partial charge on any atom is 0.170 e. The van der Waals surface area contributed by atoms with Gasteiger partial charge in [-0.1, -0.05) is 18.2 Å². The average Bonchev–Trinajstić information content (AvgIpc) is 2.70. The number of nitrogens with zero attached hydrogens (tertiary/aromatic N) is 2. The standard InChI is InChI=1S/C22H20F2N2O/c23-18-6-7-21(24)20(11-18)22(27)17-5-2-10-26(14-17)13-16-4-1-3-15-12-25-9-8-19(15)16/h1,3-4,6-9,11-12,17H,2,5,10,13-14H2. The van der Waals surface area contributed by atoms with Crippen LogP contribution in [-0.2, 0) is 6.54 Å². The molecule has 0 aliphatic carbocycles. The van der Waals surface area contributed by atoms with Gasteiger partial charge in [-0.05, 0) is 54.6 Å². The number of benzene rings is 2. The highest BCUT2D eigenvalue weighted by Gasteiger charge is 2.28. The highest BCUT2D eigenvalue weighted by atomic mass is 19.1. The third kappa shape index (κ3) is 3.74. The van der Waals surface area contributed by atoms with Crippen LogP contribution in [0.1, 0.15) is 28.8 Å². The molecule has 1 aliphatic rings. The van der Waals surface area contributed by atoms with E-state index >= 15 is 0 Å². The van der Waals surface area contributed by atoms with Crippen molar-refractivity contribution in [3.05, 3.63) is 77.6 Å². The van der Waals surface area contributed by atoms with E-state index in [1.807, 2.05) is 24.4 Å². The van der Waals surface area contributed by atoms with Gasteiger partial charge in [-0.25, -0.2) is 8.78 Å². The van der Waals surface area contributed by atoms with E-state index in [2.05, 4.69) is 16.0 Å². The summed E-state index contributed by atoms with van der Waals surface area (Å²) >= 11 is 0. The number of piperidine rings is 1. The summed E-state index contributed by atoms with van der Waals surface area (Å²) in [6.45, 7) is 2.16. The first-order valence-electron chi connectivity index (χ1n) is 9.15. The summed E-state index contributed by atoms with van der Waals surface area (Å²) < 4.78 is 27.4. The Morgan fingerprint density at radius 3 is 2.96 bits per heavy atom. The first-order chi connectivity index (χ1) is 13.1. The summed E-state index contributed by atoms with van der Waals surface area (Å²) in [6.07, 6.45) is 5.18. The number of aromatic nitrogens is 1. The first-order valence-corrected chi connectivity index (χ1v) is 9.15. The van der Waals surface area contributed by atoms with Crippen molar-refractivity contribution in [2.75, 3.05) is 13.1 Å². The molecule has 2 heterocycles. The van der Waals surface area contributed by atoms with E-state index in [1.165, 1.54) is 5.56 Å². The van der Waals surface area contributed by atoms with Gasteiger partial charge in [0.1, 0.15) is 11.6 Å². The predicted molar refractivity (Wildman–Crippen MR) is 100 cm³/mol. The van der Waals surface area contributed by atoms with Crippen LogP contribution in [0.5, 0.6) is 0 Å². The highest BCUT2D eigenvalue weighted by Crippen LogP contribution is 2.26. The molecule has 1 aliphatic heterocycles. The molecule has 0 spiro atoms. The molecule has 138 valence electrons. The third-order valence-electron chi connectivity index (χ3n) is 5.24. The number of hydrogen-bond acceptors (Lipinski definition) is 3. The minimum atomic E-state index is -0.653. The number of rotatable bonds is 4. The summed E-state index contributed by atoms with van der Waals surface area (Å²) in [5, 5.41) is 2.23. The fourth-order valence-corrected chi connectivity index (χ4v) is 3.89. The Balaban J connectivity index is 1.53. The maximum absolute atomic E-state index is 14.0. The van der Waals surface area contributed by atoms with Gasteiger partial charge in [0.05, 0.1) is 5.56 Å². The lowest BCUT2D eigenvalue weighted by atomic mass is 9.89. The van der Waals surface area contributed by atoms with Gasteiger partial charge < -0.3 is 0 Å². The molecule has 1 atom stereocenters. The molecule has 0 radical (unpaired) electrons. The van der Waals surface area contributed by atoms with Crippen molar-refractivity contribution in [2.45, 2.75) is 19.4 Å². The zero-order chi connectivity index (χ0) is 18.8. The fourth-order valence-electron chi connectivity index (χ4n) is 3.89. The SMILES string of the molecule is O=C(c1cc(F)ccc1F)C1CCCN(Cc2cccc3cnccc23)C1. The molecule has 0 N–H and O–H groups in total. The van der Waals surface area contributed by atoms with Crippen LogP contribution in [-0.4, -0.2) is 28.8 Å². The van der Waals surface area contributed by atoms with Gasteiger partial charge >= 0.3 is 0 Å². The number of ketones is 1. The second-order valence-electron chi connectivity index (χ2n) is 7.08. The molecule has 27 heavy (non-hydrogen) atoms. The number of hydrogen-bond donors (Lipinski definition) is 0. The van der Waals surface area contributed by atoms with Crippen LogP contribution in [0, 0.1) is 17.6 Å². The lowest BCUT2D eigenvalue weighted by Crippen LogP contribution is -2.38. The maximum atomic E-state index is 14.0. The number of pyridine rings is 1. The molecule has 1 saturated heterocycles. The second kappa shape index (κ2) is 7.53. The average molecular weight is 366 g/mol. The zero-order valence-corrected chi connectivity index (χ0v) is 14.9. The summed E-state index contributed by atoms with van der Waals surface area (Å²) in [5.41, 5.74) is 1.04. The van der Waals surface area contributed by atoms with Crippen molar-refractivity contribution in [1.29, 1.82) is 0 Å². The van der Waals surface area contributed by atoms with Crippen LogP contribution in [0.2, 0.25) is 0 Å². The topological polar surface area (TPSA) is 33.2 Å². The van der Waals surface area contributed by atoms with E-state index in [1.54, 1.807) is 6.20 Å². The largest absolute Gasteiger partial charge is 0.298 e. The highest BCUT2D eigenvalue weighted by molar-refractivity contribution is 5.98. The number of halogens is 2. The van der Waals surface area contributed by atoms with Gasteiger partial charge in [0, 0.05) is 36.8 Å². The molecule has 4 rings (SSSR count). The molecular formula is C22H20F2N2O. The Labute approximate surface area is 156 Å². The molecule has 2 aromatic carbocycles. The van der Waals surface area contributed by atoms with Gasteiger partial charge in [0.2, 0.25) is 0 Å². The Kier molecular flexibility index (Phi) is 4.94. The lowest BCUT2D eigenvalue weighted by molar-refractivity contribution is 0.0807. The van der Waals surface area contributed by atoms with Crippen molar-refractivity contribution in [3.63, 3.8) is 0 Å². The Bertz CT molecular complexity index is 984. The molecule has 1 unspecified atom stereocenters. The Morgan fingerprint density at radius 1 is 1.19 bits per heavy atom. The van der Waals surface area contributed by atoms with E-state index in [0.29, 0.717) is 13.0 Å². The smallest absolute Gasteiger partial charge is 0.170 e. The molecule has 0 amide bonds. The first kappa shape index (κ1) is 17.7. The zero-order valence-electron chi connectivity index (χ0n) is 14.9. The number of Topliss-reactive ketones (excluding diaryl/α,β-unsaturated/α-hetero) is 1. The predicted octanol–water partition coefficient (Wildman–Crippen LogP) is 4.61. The van der Waals surface area contributed by atoms with Crippen molar-refractivity contribution < 1.29 is 13.6 Å². The van der Waals surface area contributed by atoms with Gasteiger partial charge in [0.15, 0.2) is 5.78 Å². The summed E-state index contributed by atoms with van der Waals surface area (Å²) in [4.78, 5) is 19.1. The van der Waals surface area contributed by atoms with E-state index in [9.17, 15) is 13.6 Å². The van der Waals surface area contributed by atoms with E-state index in [-0.39, 0.29) is 17.3 Å². The van der Waals surface area contributed by atoms with Crippen LogP contribution in [0.25, 0.3) is 10.8 Å². The molecule has 0 bridgehead atoms. The summed E-state index contributed by atoms with van der Waals surface area (Å²) in [6, 6.07) is 11.2. The van der Waals surface area contributed by atoms with Crippen molar-refractivity contribution >= 4 is 16.6 Å². The normalized spacial score (nSPS) is 17.9. The fraction of sp³-hybridized carbons (Fsp3) is 0.273. The van der Waals surface area contributed by atoms with E-state index < -0.39 is 11.6 Å². The summed E-state index contributed by atoms with van der Waals surface area (Å²) in [7, 11) is 0. The van der Waals surface area contributed by atoms with Crippen LogP contribution in [0.3, 0.4) is 0 Å². The van der Waals surface area contributed by atoms with Gasteiger partial charge in [-0.2, -0.15) is 0 Å². The number of fused-ring (bicyclic) bond motifs is 1. The molecular weight excluding hydrogens is 346 g/mol. The number of carbonyl (C=O) groups is 1. The quantitative estimate of drug-likeness (QED) is 0.633. The molecule has 1 fully saturated rings. The Hall–Kier alpha value is -2.66. The molecule has 3 nitrogen and oxygen atoms in total. The van der Waals surface area contributed by atoms with Crippen LogP contribution in [0.4, 0.5) is 8.78 Å². The minimum Gasteiger partial charge on any atom is -0.298 e. The summed E-state index contributed by atoms with van der Waals surface area (Å²) in [5.74, 6) is -1.86. The van der Waals surface area contributed by atoms with Gasteiger partial charge in [0.25, 0.3) is 0 Å². The minimum absolute atomic E-state index is 0.141. The monoisotopic (exact) mass is 366 g/mol. The number of carbonyl (C=O) groups excluding carboxylic acids is 1. The number of likely N-dealkylation sites (tertiary alicyclic amines) is 1. The van der Waals surface area contributed by atoms with Crippen molar-refractivity contribution in [3.8, 4) is 0 Å². The van der Waals surface area contributed by atoms with Crippen LogP contribution < -0.4 is 0 Å². The molecule has 3 aromatic rings. The lowest BCUT2D eigenvalue weighted by Gasteiger charge is -2.32. The Morgan fingerprint density at radius 2 is 2.07 bits per heavy atom. The molecule has 1 aromatic heterocycles. The second-order valence-corrected chi connectivity index (χ2v) is 7.08. The van der Waals surface area contributed by atoms with Gasteiger partial charge in [-0.3, -0.25) is 14.7 Å². The van der Waals surface area contributed by atoms with Crippen LogP contribution in [0.15, 0.2) is 54.9 Å². The van der Waals surface area contributed by atoms with Gasteiger partial charge in [-0.15, -0.1) is 0 Å². The third-order valence-corrected chi connectivity index (χ3v) is 5.24. The van der Waals surface area contributed by atoms with E-state index in [4.69, 9.17) is 0 Å². The molecule has 0 saturated carbocycles. The van der Waals surface area contributed by atoms with Crippen molar-refractivity contribution in [1.82, 2.24) is 9.88 Å². The van der Waals surface area contributed by atoms with Crippen molar-refractivity contribution in [2.24, 2.45) is 5.92 Å².